The number of aliphatic imine (C=N–C) groups is 2. The number of imidazole rings is 2. The van der Waals surface area contributed by atoms with Crippen LogP contribution in [-0.4, -0.2) is 198 Å². The Morgan fingerprint density at radius 1 is 0.407 bits per heavy atom. The summed E-state index contributed by atoms with van der Waals surface area (Å²) in [6.07, 6.45) is 13.5. The maximum atomic E-state index is 16.7. The molecule has 6 fully saturated rings. The number of nitrogens with zero attached hydrogens (tertiary/aromatic N) is 7. The lowest BCUT2D eigenvalue weighted by Gasteiger charge is -2.34. The Hall–Kier alpha value is -13.9. The number of ether oxygens (including phenoxy) is 6. The van der Waals surface area contributed by atoms with Crippen LogP contribution in [0, 0.1) is 11.8 Å². The Kier molecular flexibility index (Phi) is 26.7. The third-order valence-corrected chi connectivity index (χ3v) is 27.9. The molecule has 7 N–H and O–H groups in total. The molecular formula is C103H105F4N13O15. The second-order valence-electron chi connectivity index (χ2n) is 35.8. The molecule has 5 saturated heterocycles. The molecule has 7 amide bonds. The summed E-state index contributed by atoms with van der Waals surface area (Å²) in [6, 6.07) is 45.7. The number of benzene rings is 8. The summed E-state index contributed by atoms with van der Waals surface area (Å²) in [5.41, 5.74) is 13.9. The molecule has 7 aliphatic heterocycles. The SMILES string of the molecule is COC(=O)N[C@@H](C(=O)O)c1ccccc1.COC(=O)N[C@H](C(=O)N1CCC[C@H]1C1=Nc2ccc(-c3ccc4c(c3)C(F)(F)c3cc(-c5cnc(C6CCCC6)[nH]5)ccc3-4)cc2C1)C1CCOCC1.COC(=O)N[C@H](C(=O)N1CCC[C@H]1C1=Nc2ccc(-c3ccc4c(c3)C(F)(F)c3cc(-c5cnc([C@@H]6CCCN6C(=O)[C@H](NC(=O)OC)c6ccccc6)[nH]5)ccc3-4)cc2C1)C1CCOCC1. The van der Waals surface area contributed by atoms with Crippen LogP contribution in [0.15, 0.2) is 192 Å². The van der Waals surface area contributed by atoms with E-state index < -0.39 is 72.4 Å². The van der Waals surface area contributed by atoms with Gasteiger partial charge in [0, 0.05) is 110 Å². The number of rotatable bonds is 20. The van der Waals surface area contributed by atoms with E-state index in [-0.39, 0.29) is 63.9 Å². The van der Waals surface area contributed by atoms with Gasteiger partial charge in [-0.15, -0.1) is 0 Å². The third-order valence-electron chi connectivity index (χ3n) is 27.9. The first-order valence-corrected chi connectivity index (χ1v) is 46.1. The molecule has 8 aromatic carbocycles. The van der Waals surface area contributed by atoms with Gasteiger partial charge in [-0.3, -0.25) is 24.4 Å². The Labute approximate surface area is 776 Å². The predicted molar refractivity (Wildman–Crippen MR) is 495 cm³/mol. The van der Waals surface area contributed by atoms with Crippen molar-refractivity contribution in [1.29, 1.82) is 0 Å². The molecule has 10 aliphatic rings. The normalized spacial score (nSPS) is 19.7. The van der Waals surface area contributed by atoms with Crippen molar-refractivity contribution in [3.8, 4) is 67.0 Å². The summed E-state index contributed by atoms with van der Waals surface area (Å²) in [7, 11) is 5.01. The number of hydrogen-bond acceptors (Lipinski definition) is 18. The molecule has 0 bridgehead atoms. The standard InChI is InChI=1S/C51H51F2N7O7.C42H43F2N5O4.C10H11NO4/c1-65-49(63)57-44(29-8-4-3-5-9-29)48(62)60-21-7-11-43(60)46-54-28-41(56-46)33-13-16-36-35-15-12-32(25-37(35)51(52,53)38(36)26-33)31-14-17-39-34(24-31)27-40(55-39)42-10-6-20-59(42)47(61)45(58-50(64)66-2)30-18-22-67-23-19-30;1-52-41(51)48-38(24-14-17-53-18-15-24)40(50)49-16-4-7-37(49)35-22-29-19-26(10-13-34(29)46-35)27-8-11-30-31-12-9-28(21-33(31)42(43,44)32(30)20-27)36-23-45-39(47-36)25-5-2-3-6-25;1-15-10(14)11-8(9(12)13)7-5-3-2-4-6-7/h3-5,8-9,12-17,24-26,28,30,42-45H,6-7,10-11,18-23,27H2,1-2H3,(H,54,56)(H,57,63)(H,58,64);8-13,19-21,23-25,37-38H,2-7,14-18,22H2,1H3,(H,45,47)(H,48,51);2-6,8H,1H3,(H,11,14)(H,12,13)/t42-,43-,44+,45-;37-,38-;8-/m001/s1. The fourth-order valence-electron chi connectivity index (χ4n) is 20.9. The summed E-state index contributed by atoms with van der Waals surface area (Å²) in [4.78, 5) is 132. The van der Waals surface area contributed by atoms with Gasteiger partial charge in [0.15, 0.2) is 6.04 Å². The smallest absolute Gasteiger partial charge is 0.407 e. The van der Waals surface area contributed by atoms with Crippen molar-refractivity contribution in [2.24, 2.45) is 21.8 Å². The van der Waals surface area contributed by atoms with Crippen molar-refractivity contribution in [3.05, 3.63) is 238 Å². The zero-order chi connectivity index (χ0) is 93.9. The Morgan fingerprint density at radius 3 is 1.19 bits per heavy atom. The number of carbonyl (C=O) groups excluding carboxylic acids is 7. The molecule has 0 radical (unpaired) electrons. The highest BCUT2D eigenvalue weighted by Crippen LogP contribution is 2.56. The molecule has 7 atom stereocenters. The van der Waals surface area contributed by atoms with Gasteiger partial charge in [-0.1, -0.05) is 134 Å². The maximum absolute atomic E-state index is 16.7. The number of aromatic nitrogens is 4. The van der Waals surface area contributed by atoms with Crippen LogP contribution in [0.1, 0.15) is 170 Å². The topological polar surface area (TPSA) is 352 Å². The monoisotopic (exact) mass is 1840 g/mol. The number of hydrogen-bond donors (Lipinski definition) is 7. The Morgan fingerprint density at radius 2 is 0.763 bits per heavy atom. The second-order valence-corrected chi connectivity index (χ2v) is 35.8. The number of alkyl carbamates (subject to hydrolysis) is 4. The molecule has 0 spiro atoms. The van der Waals surface area contributed by atoms with E-state index in [2.05, 4.69) is 45.9 Å². The summed E-state index contributed by atoms with van der Waals surface area (Å²) in [5, 5.41) is 19.4. The van der Waals surface area contributed by atoms with Crippen molar-refractivity contribution >= 4 is 70.9 Å². The minimum absolute atomic E-state index is 0.00981. The molecule has 20 rings (SSSR count). The Bertz CT molecular complexity index is 6250. The van der Waals surface area contributed by atoms with Crippen molar-refractivity contribution in [1.82, 2.24) is 55.9 Å². The van der Waals surface area contributed by atoms with Crippen molar-refractivity contribution < 1.29 is 89.4 Å². The summed E-state index contributed by atoms with van der Waals surface area (Å²) < 4.78 is 95.8. The van der Waals surface area contributed by atoms with Gasteiger partial charge < -0.3 is 79.5 Å². The van der Waals surface area contributed by atoms with Crippen LogP contribution < -0.4 is 21.3 Å². The van der Waals surface area contributed by atoms with E-state index in [1.165, 1.54) is 47.3 Å². The number of fused-ring (bicyclic) bond motifs is 8. The van der Waals surface area contributed by atoms with Gasteiger partial charge in [-0.25, -0.2) is 33.9 Å². The number of H-pyrrole nitrogens is 2. The van der Waals surface area contributed by atoms with E-state index >= 15 is 17.6 Å². The molecule has 700 valence electrons. The van der Waals surface area contributed by atoms with E-state index in [0.29, 0.717) is 164 Å². The van der Waals surface area contributed by atoms with Gasteiger partial charge in [-0.05, 0) is 204 Å². The largest absolute Gasteiger partial charge is 0.479 e. The molecule has 10 aromatic rings. The lowest BCUT2D eigenvalue weighted by atomic mass is 9.90. The van der Waals surface area contributed by atoms with Gasteiger partial charge >= 0.3 is 30.3 Å². The van der Waals surface area contributed by atoms with E-state index in [1.807, 2.05) is 82.6 Å². The fraction of sp³-hybridized carbons (Fsp3) is 0.379. The lowest BCUT2D eigenvalue weighted by molar-refractivity contribution is -0.139. The number of carboxylic acid groups (broad SMARTS) is 1. The van der Waals surface area contributed by atoms with Gasteiger partial charge in [0.05, 0.1) is 81.7 Å². The molecule has 32 heteroatoms. The van der Waals surface area contributed by atoms with Gasteiger partial charge in [0.25, 0.3) is 17.8 Å². The van der Waals surface area contributed by atoms with Crippen molar-refractivity contribution in [2.75, 3.05) is 74.5 Å². The number of halogens is 4. The van der Waals surface area contributed by atoms with E-state index in [1.54, 1.807) is 108 Å². The maximum Gasteiger partial charge on any atom is 0.407 e. The van der Waals surface area contributed by atoms with Gasteiger partial charge in [-0.2, -0.15) is 17.6 Å². The fourth-order valence-corrected chi connectivity index (χ4v) is 20.9. The summed E-state index contributed by atoms with van der Waals surface area (Å²) in [6.45, 7) is 3.75. The third kappa shape index (κ3) is 18.7. The van der Waals surface area contributed by atoms with Gasteiger partial charge in [0.1, 0.15) is 29.8 Å². The minimum atomic E-state index is -3.29. The number of methoxy groups -OCH3 is 4. The molecule has 1 saturated carbocycles. The molecular weight excluding hydrogens is 1740 g/mol. The zero-order valence-corrected chi connectivity index (χ0v) is 75.2. The van der Waals surface area contributed by atoms with Crippen LogP contribution in [0.25, 0.3) is 67.0 Å². The number of amides is 7. The number of carboxylic acids is 1. The summed E-state index contributed by atoms with van der Waals surface area (Å²) in [5.74, 6) is -6.36. The van der Waals surface area contributed by atoms with E-state index in [4.69, 9.17) is 38.8 Å². The molecule has 2 aromatic heterocycles. The second kappa shape index (κ2) is 39.4. The molecule has 0 unspecified atom stereocenters. The Balaban J connectivity index is 0.000000159. The van der Waals surface area contributed by atoms with Crippen LogP contribution >= 0.6 is 0 Å². The number of nitrogens with one attached hydrogen (secondary N) is 6. The number of carbonyl (C=O) groups is 8. The first kappa shape index (κ1) is 91.6. The predicted octanol–water partition coefficient (Wildman–Crippen LogP) is 17.9. The van der Waals surface area contributed by atoms with Crippen molar-refractivity contribution in [2.45, 2.75) is 163 Å². The number of aliphatic carboxylic acids is 1. The van der Waals surface area contributed by atoms with E-state index in [9.17, 15) is 38.4 Å². The van der Waals surface area contributed by atoms with Crippen LogP contribution in [0.3, 0.4) is 0 Å². The molecule has 135 heavy (non-hydrogen) atoms. The molecule has 28 nitrogen and oxygen atoms in total. The zero-order valence-electron chi connectivity index (χ0n) is 75.2. The summed E-state index contributed by atoms with van der Waals surface area (Å²) >= 11 is 0. The average molecular weight is 1840 g/mol. The first-order chi connectivity index (χ1) is 65.4. The highest BCUT2D eigenvalue weighted by molar-refractivity contribution is 6.03. The highest BCUT2D eigenvalue weighted by Gasteiger charge is 2.49. The molecule has 3 aliphatic carbocycles. The number of aromatic amines is 2. The number of alkyl halides is 4. The van der Waals surface area contributed by atoms with Crippen LogP contribution in [0.4, 0.5) is 48.1 Å². The first-order valence-electron chi connectivity index (χ1n) is 46.1. The quantitative estimate of drug-likeness (QED) is 0.0275. The van der Waals surface area contributed by atoms with E-state index in [0.717, 1.165) is 102 Å². The highest BCUT2D eigenvalue weighted by atomic mass is 19.3. The lowest BCUT2D eigenvalue weighted by Crippen LogP contribution is -2.55. The molecule has 9 heterocycles. The minimum Gasteiger partial charge on any atom is -0.479 e. The average Bonchev–Trinajstić information content (AvgIpc) is 1.57. The number of likely N-dealkylation sites (tertiary alicyclic amines) is 3. The van der Waals surface area contributed by atoms with Gasteiger partial charge in [0.2, 0.25) is 11.8 Å². The van der Waals surface area contributed by atoms with Crippen LogP contribution in [-0.2, 0) is 72.3 Å². The van der Waals surface area contributed by atoms with Crippen molar-refractivity contribution in [3.63, 3.8) is 0 Å². The van der Waals surface area contributed by atoms with Crippen LogP contribution in [0.5, 0.6) is 0 Å². The van der Waals surface area contributed by atoms with Crippen LogP contribution in [0.2, 0.25) is 0 Å².